The Hall–Kier alpha value is -1.54. The van der Waals surface area contributed by atoms with E-state index in [4.69, 9.17) is 17.0 Å². The van der Waals surface area contributed by atoms with E-state index in [1.54, 1.807) is 29.9 Å². The van der Waals surface area contributed by atoms with Crippen LogP contribution in [0.25, 0.3) is 11.0 Å². The molecule has 0 saturated carbocycles. The molecule has 0 fully saturated rings. The van der Waals surface area contributed by atoms with E-state index in [1.165, 1.54) is 0 Å². The van der Waals surface area contributed by atoms with Gasteiger partial charge in [0.2, 0.25) is 0 Å². The first-order valence-electron chi connectivity index (χ1n) is 5.82. The zero-order chi connectivity index (χ0) is 14.8. The SMILES string of the molecule is COc1ccc2c(c1)[nH]c(=S)n2CCOCC(F)(F)F. The summed E-state index contributed by atoms with van der Waals surface area (Å²) in [7, 11) is 1.55. The minimum atomic E-state index is -4.31. The van der Waals surface area contributed by atoms with E-state index in [0.29, 0.717) is 10.5 Å². The molecule has 0 spiro atoms. The number of imidazole rings is 1. The Morgan fingerprint density at radius 2 is 2.10 bits per heavy atom. The molecule has 8 heteroatoms. The van der Waals surface area contributed by atoms with E-state index < -0.39 is 12.8 Å². The molecule has 0 saturated heterocycles. The largest absolute Gasteiger partial charge is 0.497 e. The van der Waals surface area contributed by atoms with Crippen molar-refractivity contribution in [1.82, 2.24) is 9.55 Å². The van der Waals surface area contributed by atoms with Crippen LogP contribution in [-0.2, 0) is 11.3 Å². The monoisotopic (exact) mass is 306 g/mol. The number of aromatic nitrogens is 2. The number of benzene rings is 1. The summed E-state index contributed by atoms with van der Waals surface area (Å²) in [4.78, 5) is 2.98. The smallest absolute Gasteiger partial charge is 0.411 e. The minimum Gasteiger partial charge on any atom is -0.497 e. The first-order chi connectivity index (χ1) is 9.40. The summed E-state index contributed by atoms with van der Waals surface area (Å²) >= 11 is 5.14. The fourth-order valence-electron chi connectivity index (χ4n) is 1.84. The minimum absolute atomic E-state index is 0.0627. The van der Waals surface area contributed by atoms with Crippen LogP contribution in [0.5, 0.6) is 5.75 Å². The van der Waals surface area contributed by atoms with Gasteiger partial charge in [0.25, 0.3) is 0 Å². The highest BCUT2D eigenvalue weighted by atomic mass is 32.1. The van der Waals surface area contributed by atoms with Crippen LogP contribution in [0.3, 0.4) is 0 Å². The number of rotatable bonds is 5. The van der Waals surface area contributed by atoms with Crippen LogP contribution in [0.2, 0.25) is 0 Å². The summed E-state index contributed by atoms with van der Waals surface area (Å²) in [6.45, 7) is -1.06. The normalized spacial score (nSPS) is 12.0. The van der Waals surface area contributed by atoms with Gasteiger partial charge in [0.05, 0.1) is 24.8 Å². The third-order valence-corrected chi connectivity index (χ3v) is 3.03. The Labute approximate surface area is 118 Å². The molecule has 4 nitrogen and oxygen atoms in total. The number of halogens is 3. The van der Waals surface area contributed by atoms with Crippen molar-refractivity contribution < 1.29 is 22.6 Å². The van der Waals surface area contributed by atoms with Crippen molar-refractivity contribution in [1.29, 1.82) is 0 Å². The second-order valence-corrected chi connectivity index (χ2v) is 4.52. The van der Waals surface area contributed by atoms with E-state index in [2.05, 4.69) is 9.72 Å². The lowest BCUT2D eigenvalue weighted by Crippen LogP contribution is -2.19. The molecule has 20 heavy (non-hydrogen) atoms. The third kappa shape index (κ3) is 3.51. The Balaban J connectivity index is 2.10. The zero-order valence-electron chi connectivity index (χ0n) is 10.7. The maximum atomic E-state index is 12.0. The molecule has 1 N–H and O–H groups in total. The summed E-state index contributed by atoms with van der Waals surface area (Å²) in [5.41, 5.74) is 1.57. The zero-order valence-corrected chi connectivity index (χ0v) is 11.5. The van der Waals surface area contributed by atoms with Crippen molar-refractivity contribution >= 4 is 23.3 Å². The fourth-order valence-corrected chi connectivity index (χ4v) is 2.14. The molecule has 2 rings (SSSR count). The number of aromatic amines is 1. The molecule has 0 bridgehead atoms. The molecule has 0 amide bonds. The number of alkyl halides is 3. The number of hydrogen-bond donors (Lipinski definition) is 1. The fraction of sp³-hybridized carbons (Fsp3) is 0.417. The van der Waals surface area contributed by atoms with E-state index >= 15 is 0 Å². The van der Waals surface area contributed by atoms with Gasteiger partial charge in [0.1, 0.15) is 12.4 Å². The average Bonchev–Trinajstić information content (AvgIpc) is 2.68. The number of hydrogen-bond acceptors (Lipinski definition) is 3. The lowest BCUT2D eigenvalue weighted by Gasteiger charge is -2.08. The molecule has 0 aliphatic heterocycles. The van der Waals surface area contributed by atoms with E-state index in [0.717, 1.165) is 11.0 Å². The lowest BCUT2D eigenvalue weighted by atomic mass is 10.3. The van der Waals surface area contributed by atoms with Crippen molar-refractivity contribution in [3.63, 3.8) is 0 Å². The highest BCUT2D eigenvalue weighted by molar-refractivity contribution is 7.71. The van der Waals surface area contributed by atoms with Gasteiger partial charge in [0, 0.05) is 12.6 Å². The maximum Gasteiger partial charge on any atom is 0.411 e. The molecule has 0 aliphatic carbocycles. The van der Waals surface area contributed by atoms with Crippen molar-refractivity contribution in [3.05, 3.63) is 23.0 Å². The van der Waals surface area contributed by atoms with Crippen molar-refractivity contribution in [3.8, 4) is 5.75 Å². The first-order valence-corrected chi connectivity index (χ1v) is 6.22. The molecule has 2 aromatic rings. The van der Waals surface area contributed by atoms with E-state index in [9.17, 15) is 13.2 Å². The van der Waals surface area contributed by atoms with Gasteiger partial charge in [-0.1, -0.05) is 0 Å². The standard InChI is InChI=1S/C12H13F3N2O2S/c1-18-8-2-3-10-9(6-8)16-11(20)17(10)4-5-19-7-12(13,14)15/h2-3,6H,4-5,7H2,1H3,(H,16,20). The molecular weight excluding hydrogens is 293 g/mol. The predicted molar refractivity (Wildman–Crippen MR) is 70.5 cm³/mol. The summed E-state index contributed by atoms with van der Waals surface area (Å²) in [5, 5.41) is 0. The highest BCUT2D eigenvalue weighted by Gasteiger charge is 2.27. The number of nitrogens with one attached hydrogen (secondary N) is 1. The molecular formula is C12H13F3N2O2S. The highest BCUT2D eigenvalue weighted by Crippen LogP contribution is 2.20. The lowest BCUT2D eigenvalue weighted by molar-refractivity contribution is -0.174. The van der Waals surface area contributed by atoms with Crippen LogP contribution >= 0.6 is 12.2 Å². The second-order valence-electron chi connectivity index (χ2n) is 4.13. The number of ether oxygens (including phenoxy) is 2. The van der Waals surface area contributed by atoms with Gasteiger partial charge in [-0.05, 0) is 24.4 Å². The molecule has 0 aliphatic rings. The van der Waals surface area contributed by atoms with Gasteiger partial charge < -0.3 is 19.0 Å². The molecule has 1 heterocycles. The Morgan fingerprint density at radius 3 is 2.75 bits per heavy atom. The van der Waals surface area contributed by atoms with Crippen LogP contribution in [0.1, 0.15) is 0 Å². The third-order valence-electron chi connectivity index (χ3n) is 2.71. The Bertz CT molecular complexity index is 648. The van der Waals surface area contributed by atoms with Gasteiger partial charge in [0.15, 0.2) is 4.77 Å². The maximum absolute atomic E-state index is 12.0. The number of nitrogens with zero attached hydrogens (tertiary/aromatic N) is 1. The van der Waals surface area contributed by atoms with Crippen LogP contribution in [0.4, 0.5) is 13.2 Å². The summed E-state index contributed by atoms with van der Waals surface area (Å²) < 4.78 is 47.7. The first kappa shape index (κ1) is 14.9. The number of methoxy groups -OCH3 is 1. The van der Waals surface area contributed by atoms with Gasteiger partial charge in [-0.3, -0.25) is 0 Å². The molecule has 0 atom stereocenters. The summed E-state index contributed by atoms with van der Waals surface area (Å²) in [6.07, 6.45) is -4.31. The molecule has 1 aromatic heterocycles. The number of H-pyrrole nitrogens is 1. The van der Waals surface area contributed by atoms with Gasteiger partial charge >= 0.3 is 6.18 Å². The Kier molecular flexibility index (Phi) is 4.34. The van der Waals surface area contributed by atoms with Gasteiger partial charge in [-0.15, -0.1) is 0 Å². The molecule has 110 valence electrons. The van der Waals surface area contributed by atoms with Crippen LogP contribution in [-0.4, -0.2) is 36.1 Å². The number of fused-ring (bicyclic) bond motifs is 1. The summed E-state index contributed by atoms with van der Waals surface area (Å²) in [5.74, 6) is 0.675. The Morgan fingerprint density at radius 1 is 1.35 bits per heavy atom. The van der Waals surface area contributed by atoms with Crippen molar-refractivity contribution in [2.75, 3.05) is 20.3 Å². The van der Waals surface area contributed by atoms with Crippen molar-refractivity contribution in [2.45, 2.75) is 12.7 Å². The quantitative estimate of drug-likeness (QED) is 0.680. The van der Waals surface area contributed by atoms with Crippen LogP contribution < -0.4 is 4.74 Å². The summed E-state index contributed by atoms with van der Waals surface area (Å²) in [6, 6.07) is 5.33. The molecule has 0 radical (unpaired) electrons. The molecule has 0 unspecified atom stereocenters. The van der Waals surface area contributed by atoms with Gasteiger partial charge in [-0.25, -0.2) is 0 Å². The average molecular weight is 306 g/mol. The van der Waals surface area contributed by atoms with Crippen LogP contribution in [0, 0.1) is 4.77 Å². The van der Waals surface area contributed by atoms with E-state index in [-0.39, 0.29) is 13.2 Å². The van der Waals surface area contributed by atoms with Crippen LogP contribution in [0.15, 0.2) is 18.2 Å². The second kappa shape index (κ2) is 5.84. The van der Waals surface area contributed by atoms with Crippen molar-refractivity contribution in [2.24, 2.45) is 0 Å². The molecule has 1 aromatic carbocycles. The topological polar surface area (TPSA) is 39.2 Å². The van der Waals surface area contributed by atoms with Gasteiger partial charge in [-0.2, -0.15) is 13.2 Å². The predicted octanol–water partition coefficient (Wildman–Crippen LogP) is 3.29. The van der Waals surface area contributed by atoms with E-state index in [1.807, 2.05) is 0 Å².